The molecule has 20 heavy (non-hydrogen) atoms. The van der Waals surface area contributed by atoms with Crippen LogP contribution in [-0.2, 0) is 10.0 Å². The van der Waals surface area contributed by atoms with Gasteiger partial charge in [-0.05, 0) is 46.3 Å². The van der Waals surface area contributed by atoms with Crippen LogP contribution in [0.25, 0.3) is 0 Å². The van der Waals surface area contributed by atoms with Gasteiger partial charge in [-0.3, -0.25) is 4.72 Å². The van der Waals surface area contributed by atoms with Crippen molar-refractivity contribution in [2.24, 2.45) is 0 Å². The summed E-state index contributed by atoms with van der Waals surface area (Å²) in [5.74, 6) is -0.227. The van der Waals surface area contributed by atoms with Gasteiger partial charge in [0.1, 0.15) is 16.5 Å². The number of hydrogen-bond acceptors (Lipinski definition) is 4. The van der Waals surface area contributed by atoms with Crippen LogP contribution < -0.4 is 10.0 Å². The largest absolute Gasteiger partial charge is 0.372 e. The number of anilines is 2. The molecule has 0 spiro atoms. The van der Waals surface area contributed by atoms with Gasteiger partial charge in [-0.25, -0.2) is 17.8 Å². The zero-order valence-corrected chi connectivity index (χ0v) is 12.8. The molecule has 1 heterocycles. The lowest BCUT2D eigenvalue weighted by Gasteiger charge is -2.12. The van der Waals surface area contributed by atoms with Gasteiger partial charge >= 0.3 is 0 Å². The number of rotatable bonds is 4. The monoisotopic (exact) mass is 359 g/mol. The van der Waals surface area contributed by atoms with Crippen molar-refractivity contribution in [2.75, 3.05) is 17.1 Å². The van der Waals surface area contributed by atoms with Crippen molar-refractivity contribution in [1.82, 2.24) is 4.98 Å². The van der Waals surface area contributed by atoms with Crippen molar-refractivity contribution in [1.29, 1.82) is 0 Å². The van der Waals surface area contributed by atoms with E-state index in [9.17, 15) is 12.8 Å². The molecule has 1 aromatic carbocycles. The molecule has 2 rings (SSSR count). The van der Waals surface area contributed by atoms with Crippen LogP contribution in [-0.4, -0.2) is 20.4 Å². The van der Waals surface area contributed by atoms with Crippen molar-refractivity contribution >= 4 is 37.5 Å². The molecule has 0 bridgehead atoms. The highest BCUT2D eigenvalue weighted by Gasteiger charge is 2.20. The summed E-state index contributed by atoms with van der Waals surface area (Å²) >= 11 is 3.11. The molecule has 0 saturated heterocycles. The van der Waals surface area contributed by atoms with E-state index in [1.807, 2.05) is 0 Å². The Morgan fingerprint density at radius 3 is 2.70 bits per heavy atom. The smallest absolute Gasteiger partial charge is 0.265 e. The van der Waals surface area contributed by atoms with Crippen LogP contribution in [0.2, 0.25) is 0 Å². The maximum atomic E-state index is 13.0. The Kier molecular flexibility index (Phi) is 4.24. The van der Waals surface area contributed by atoms with Crippen molar-refractivity contribution in [3.05, 3.63) is 46.8 Å². The molecule has 1 aromatic heterocycles. The van der Waals surface area contributed by atoms with E-state index in [0.29, 0.717) is 4.47 Å². The molecule has 0 aliphatic rings. The Balaban J connectivity index is 2.41. The first-order chi connectivity index (χ1) is 9.44. The molecule has 0 fully saturated rings. The third kappa shape index (κ3) is 3.07. The van der Waals surface area contributed by atoms with Crippen molar-refractivity contribution in [3.63, 3.8) is 0 Å². The summed E-state index contributed by atoms with van der Waals surface area (Å²) in [4.78, 5) is 3.95. The van der Waals surface area contributed by atoms with Gasteiger partial charge in [-0.2, -0.15) is 0 Å². The molecule has 0 unspecified atom stereocenters. The normalized spacial score (nSPS) is 11.2. The van der Waals surface area contributed by atoms with Crippen LogP contribution in [0.3, 0.4) is 0 Å². The van der Waals surface area contributed by atoms with Crippen LogP contribution >= 0.6 is 15.9 Å². The number of halogens is 2. The molecule has 8 heteroatoms. The number of nitrogens with zero attached hydrogens (tertiary/aromatic N) is 1. The average molecular weight is 360 g/mol. The lowest BCUT2D eigenvalue weighted by Crippen LogP contribution is -2.15. The predicted octanol–water partition coefficient (Wildman–Crippen LogP) is 2.83. The summed E-state index contributed by atoms with van der Waals surface area (Å²) in [6.45, 7) is 0. The van der Waals surface area contributed by atoms with Gasteiger partial charge < -0.3 is 5.32 Å². The molecule has 0 amide bonds. The minimum Gasteiger partial charge on any atom is -0.372 e. The Morgan fingerprint density at radius 1 is 1.30 bits per heavy atom. The van der Waals surface area contributed by atoms with Gasteiger partial charge in [0, 0.05) is 17.7 Å². The molecule has 2 N–H and O–H groups in total. The molecule has 0 saturated carbocycles. The zero-order valence-electron chi connectivity index (χ0n) is 10.4. The van der Waals surface area contributed by atoms with Gasteiger partial charge in [0.15, 0.2) is 0 Å². The highest BCUT2D eigenvalue weighted by Crippen LogP contribution is 2.27. The Bertz CT molecular complexity index is 737. The van der Waals surface area contributed by atoms with Crippen molar-refractivity contribution in [3.8, 4) is 0 Å². The summed E-state index contributed by atoms with van der Waals surface area (Å²) in [6, 6.07) is 6.64. The Labute approximate surface area is 124 Å². The molecule has 5 nitrogen and oxygen atoms in total. The maximum Gasteiger partial charge on any atom is 0.265 e. The quantitative estimate of drug-likeness (QED) is 0.880. The topological polar surface area (TPSA) is 71.1 Å². The first kappa shape index (κ1) is 14.7. The number of sulfonamides is 1. The van der Waals surface area contributed by atoms with E-state index in [4.69, 9.17) is 0 Å². The van der Waals surface area contributed by atoms with Crippen LogP contribution in [0.15, 0.2) is 45.9 Å². The number of nitrogens with one attached hydrogen (secondary N) is 2. The van der Waals surface area contributed by atoms with E-state index in [2.05, 4.69) is 31.0 Å². The standard InChI is InChI=1S/C12H11BrFN3O2S/c1-15-12-11(3-2-6-16-12)20(18,19)17-10-5-4-8(14)7-9(10)13/h2-7,17H,1H3,(H,15,16). The molecular formula is C12H11BrFN3O2S. The number of benzene rings is 1. The third-order valence-corrected chi connectivity index (χ3v) is 4.53. The summed E-state index contributed by atoms with van der Waals surface area (Å²) < 4.78 is 40.3. The highest BCUT2D eigenvalue weighted by atomic mass is 79.9. The van der Waals surface area contributed by atoms with Crippen molar-refractivity contribution < 1.29 is 12.8 Å². The van der Waals surface area contributed by atoms with Gasteiger partial charge in [0.25, 0.3) is 10.0 Å². The van der Waals surface area contributed by atoms with E-state index in [1.165, 1.54) is 36.5 Å². The van der Waals surface area contributed by atoms with Gasteiger partial charge in [-0.15, -0.1) is 0 Å². The minimum atomic E-state index is -3.82. The second kappa shape index (κ2) is 5.76. The Morgan fingerprint density at radius 2 is 2.05 bits per heavy atom. The van der Waals surface area contributed by atoms with Gasteiger partial charge in [0.2, 0.25) is 0 Å². The third-order valence-electron chi connectivity index (χ3n) is 2.47. The van der Waals surface area contributed by atoms with E-state index in [1.54, 1.807) is 7.05 Å². The van der Waals surface area contributed by atoms with E-state index in [0.717, 1.165) is 0 Å². The molecular weight excluding hydrogens is 349 g/mol. The van der Waals surface area contributed by atoms with Crippen LogP contribution in [0.1, 0.15) is 0 Å². The summed E-state index contributed by atoms with van der Waals surface area (Å²) in [6.07, 6.45) is 1.48. The minimum absolute atomic E-state index is 0.0127. The maximum absolute atomic E-state index is 13.0. The van der Waals surface area contributed by atoms with Crippen LogP contribution in [0.5, 0.6) is 0 Å². The average Bonchev–Trinajstić information content (AvgIpc) is 2.42. The van der Waals surface area contributed by atoms with E-state index in [-0.39, 0.29) is 16.4 Å². The van der Waals surface area contributed by atoms with Crippen LogP contribution in [0, 0.1) is 5.82 Å². The van der Waals surface area contributed by atoms with Gasteiger partial charge in [0.05, 0.1) is 5.69 Å². The second-order valence-corrected chi connectivity index (χ2v) is 6.33. The fraction of sp³-hybridized carbons (Fsp3) is 0.0833. The lowest BCUT2D eigenvalue weighted by molar-refractivity contribution is 0.601. The lowest BCUT2D eigenvalue weighted by atomic mass is 10.3. The van der Waals surface area contributed by atoms with E-state index < -0.39 is 15.8 Å². The predicted molar refractivity (Wildman–Crippen MR) is 78.7 cm³/mol. The summed E-state index contributed by atoms with van der Waals surface area (Å²) in [5, 5.41) is 2.71. The van der Waals surface area contributed by atoms with Gasteiger partial charge in [-0.1, -0.05) is 0 Å². The fourth-order valence-corrected chi connectivity index (χ4v) is 3.39. The number of hydrogen-bond donors (Lipinski definition) is 2. The van der Waals surface area contributed by atoms with Crippen LogP contribution in [0.4, 0.5) is 15.9 Å². The molecule has 0 radical (unpaired) electrons. The number of aromatic nitrogens is 1. The molecule has 106 valence electrons. The SMILES string of the molecule is CNc1ncccc1S(=O)(=O)Nc1ccc(F)cc1Br. The molecule has 0 aliphatic carbocycles. The fourth-order valence-electron chi connectivity index (χ4n) is 1.57. The molecule has 0 atom stereocenters. The second-order valence-electron chi connectivity index (χ2n) is 3.83. The first-order valence-electron chi connectivity index (χ1n) is 5.54. The zero-order chi connectivity index (χ0) is 14.8. The first-order valence-corrected chi connectivity index (χ1v) is 7.82. The molecule has 0 aliphatic heterocycles. The highest BCUT2D eigenvalue weighted by molar-refractivity contribution is 9.10. The summed E-state index contributed by atoms with van der Waals surface area (Å²) in [7, 11) is -2.24. The summed E-state index contributed by atoms with van der Waals surface area (Å²) in [5.41, 5.74) is 0.248. The Hall–Kier alpha value is -1.67. The van der Waals surface area contributed by atoms with Crippen molar-refractivity contribution in [2.45, 2.75) is 4.90 Å². The molecule has 2 aromatic rings. The van der Waals surface area contributed by atoms with E-state index >= 15 is 0 Å². The number of pyridine rings is 1.